The first-order valence-corrected chi connectivity index (χ1v) is 11.5. The minimum atomic E-state index is -1.61. The lowest BCUT2D eigenvalue weighted by atomic mass is 9.87. The van der Waals surface area contributed by atoms with E-state index in [-0.39, 0.29) is 23.4 Å². The highest BCUT2D eigenvalue weighted by Crippen LogP contribution is 2.36. The van der Waals surface area contributed by atoms with Gasteiger partial charge in [-0.05, 0) is 13.8 Å². The van der Waals surface area contributed by atoms with E-state index >= 15 is 0 Å². The summed E-state index contributed by atoms with van der Waals surface area (Å²) < 4.78 is 16.9. The van der Waals surface area contributed by atoms with Crippen LogP contribution in [-0.4, -0.2) is 77.8 Å². The molecular weight excluding hydrogens is 468 g/mol. The fraction of sp³-hybridized carbons (Fsp3) is 0.360. The van der Waals surface area contributed by atoms with Gasteiger partial charge in [-0.1, -0.05) is 70.0 Å². The quantitative estimate of drug-likeness (QED) is 0.305. The van der Waals surface area contributed by atoms with Gasteiger partial charge in [-0.25, -0.2) is 0 Å². The first-order chi connectivity index (χ1) is 17.4. The molecule has 1 fully saturated rings. The van der Waals surface area contributed by atoms with Crippen molar-refractivity contribution in [2.75, 3.05) is 6.61 Å². The van der Waals surface area contributed by atoms with Gasteiger partial charge in [-0.2, -0.15) is 9.97 Å². The summed E-state index contributed by atoms with van der Waals surface area (Å²) in [4.78, 5) is 8.96. The Labute approximate surface area is 206 Å². The summed E-state index contributed by atoms with van der Waals surface area (Å²) in [5, 5.41) is 49.3. The molecule has 5 atom stereocenters. The molecular formula is C25H26N4O7. The largest absolute Gasteiger partial charge is 0.394 e. The number of aliphatic hydroxyl groups excluding tert-OH is 4. The zero-order valence-corrected chi connectivity index (χ0v) is 19.6. The third-order valence-electron chi connectivity index (χ3n) is 6.29. The fourth-order valence-electron chi connectivity index (χ4n) is 4.16. The van der Waals surface area contributed by atoms with E-state index in [1.807, 2.05) is 62.4 Å². The molecule has 4 N–H and O–H groups in total. The van der Waals surface area contributed by atoms with E-state index in [0.29, 0.717) is 11.1 Å². The summed E-state index contributed by atoms with van der Waals surface area (Å²) in [6.07, 6.45) is -7.12. The summed E-state index contributed by atoms with van der Waals surface area (Å²) in [5.41, 5.74) is 3.54. The highest BCUT2D eigenvalue weighted by molar-refractivity contribution is 5.55. The third kappa shape index (κ3) is 4.54. The number of aromatic nitrogens is 4. The van der Waals surface area contributed by atoms with Gasteiger partial charge in [0.2, 0.25) is 23.4 Å². The Hall–Kier alpha value is -3.48. The molecule has 4 aromatic rings. The normalized spacial score (nSPS) is 24.4. The van der Waals surface area contributed by atoms with E-state index in [2.05, 4.69) is 20.3 Å². The minimum absolute atomic E-state index is 0.00555. The summed E-state index contributed by atoms with van der Waals surface area (Å²) in [7, 11) is 0. The molecule has 3 heterocycles. The molecule has 0 aliphatic carbocycles. The van der Waals surface area contributed by atoms with Crippen LogP contribution in [0.4, 0.5) is 0 Å². The maximum Gasteiger partial charge on any atom is 0.242 e. The molecule has 1 aliphatic rings. The van der Waals surface area contributed by atoms with Gasteiger partial charge in [0.05, 0.1) is 6.61 Å². The molecule has 11 heteroatoms. The summed E-state index contributed by atoms with van der Waals surface area (Å²) in [6.45, 7) is 3.33. The van der Waals surface area contributed by atoms with Crippen molar-refractivity contribution in [3.63, 3.8) is 0 Å². The topological polar surface area (TPSA) is 168 Å². The van der Waals surface area contributed by atoms with Crippen molar-refractivity contribution < 1.29 is 34.2 Å². The Morgan fingerprint density at radius 1 is 0.722 bits per heavy atom. The second kappa shape index (κ2) is 9.88. The zero-order chi connectivity index (χ0) is 25.4. The van der Waals surface area contributed by atoms with Gasteiger partial charge >= 0.3 is 0 Å². The maximum atomic E-state index is 10.8. The van der Waals surface area contributed by atoms with Crippen molar-refractivity contribution in [3.05, 3.63) is 71.4 Å². The Balaban J connectivity index is 1.56. The first-order valence-electron chi connectivity index (χ1n) is 11.5. The van der Waals surface area contributed by atoms with Crippen LogP contribution in [0.25, 0.3) is 22.8 Å². The summed E-state index contributed by atoms with van der Waals surface area (Å²) >= 11 is 0. The average molecular weight is 495 g/mol. The fourth-order valence-corrected chi connectivity index (χ4v) is 4.16. The van der Waals surface area contributed by atoms with E-state index in [1.54, 1.807) is 0 Å². The molecule has 2 aromatic heterocycles. The van der Waals surface area contributed by atoms with Gasteiger partial charge in [0, 0.05) is 11.1 Å². The van der Waals surface area contributed by atoms with Crippen molar-refractivity contribution >= 4 is 0 Å². The maximum absolute atomic E-state index is 10.8. The molecule has 2 aromatic carbocycles. The van der Waals surface area contributed by atoms with E-state index in [4.69, 9.17) is 13.8 Å². The molecule has 5 rings (SSSR count). The van der Waals surface area contributed by atoms with Crippen LogP contribution in [0, 0.1) is 13.8 Å². The number of ether oxygens (including phenoxy) is 1. The van der Waals surface area contributed by atoms with E-state index in [9.17, 15) is 20.4 Å². The molecule has 36 heavy (non-hydrogen) atoms. The number of aryl methyl sites for hydroxylation is 2. The highest BCUT2D eigenvalue weighted by atomic mass is 16.5. The molecule has 0 unspecified atom stereocenters. The van der Waals surface area contributed by atoms with Gasteiger partial charge < -0.3 is 34.2 Å². The zero-order valence-electron chi connectivity index (χ0n) is 19.6. The van der Waals surface area contributed by atoms with Crippen molar-refractivity contribution in [3.8, 4) is 22.8 Å². The second-order valence-electron chi connectivity index (χ2n) is 8.92. The van der Waals surface area contributed by atoms with Crippen molar-refractivity contribution in [2.24, 2.45) is 0 Å². The highest BCUT2D eigenvalue weighted by Gasteiger charge is 2.50. The predicted octanol–water partition coefficient (Wildman–Crippen LogP) is 1.38. The van der Waals surface area contributed by atoms with Gasteiger partial charge in [0.25, 0.3) is 0 Å². The number of aliphatic hydroxyl groups is 4. The molecule has 0 bridgehead atoms. The number of nitrogens with zero attached hydrogens (tertiary/aromatic N) is 4. The van der Waals surface area contributed by atoms with E-state index < -0.39 is 43.0 Å². The lowest BCUT2D eigenvalue weighted by molar-refractivity contribution is -0.234. The lowest BCUT2D eigenvalue weighted by Crippen LogP contribution is -2.60. The smallest absolute Gasteiger partial charge is 0.242 e. The first kappa shape index (κ1) is 24.2. The molecule has 0 saturated carbocycles. The second-order valence-corrected chi connectivity index (χ2v) is 8.92. The van der Waals surface area contributed by atoms with Gasteiger partial charge in [0.1, 0.15) is 36.4 Å². The average Bonchev–Trinajstić information content (AvgIpc) is 3.56. The van der Waals surface area contributed by atoms with Gasteiger partial charge in [0.15, 0.2) is 0 Å². The Morgan fingerprint density at radius 2 is 1.19 bits per heavy atom. The number of benzene rings is 2. The SMILES string of the molecule is Cc1ccc(-c2noc(C(c3nc(-c4ccc(C)cc4)no3)[C@@H]3O[C@H](CO)[C@@H](O)[C@H](O)[C@H]3O)n2)cc1. The number of hydrogen-bond acceptors (Lipinski definition) is 11. The Bertz CT molecular complexity index is 1220. The minimum Gasteiger partial charge on any atom is -0.394 e. The molecule has 1 saturated heterocycles. The summed E-state index contributed by atoms with van der Waals surface area (Å²) in [5.74, 6) is -0.534. The van der Waals surface area contributed by atoms with E-state index in [1.165, 1.54) is 0 Å². The van der Waals surface area contributed by atoms with Crippen LogP contribution in [0.2, 0.25) is 0 Å². The van der Waals surface area contributed by atoms with Gasteiger partial charge in [-0.3, -0.25) is 0 Å². The van der Waals surface area contributed by atoms with Crippen LogP contribution in [0.5, 0.6) is 0 Å². The van der Waals surface area contributed by atoms with Crippen LogP contribution in [0.3, 0.4) is 0 Å². The molecule has 0 amide bonds. The molecule has 188 valence electrons. The molecule has 11 nitrogen and oxygen atoms in total. The van der Waals surface area contributed by atoms with E-state index in [0.717, 1.165) is 11.1 Å². The van der Waals surface area contributed by atoms with Crippen LogP contribution >= 0.6 is 0 Å². The van der Waals surface area contributed by atoms with Gasteiger partial charge in [-0.15, -0.1) is 0 Å². The van der Waals surface area contributed by atoms with Crippen LogP contribution in [0.1, 0.15) is 28.8 Å². The molecule has 0 spiro atoms. The predicted molar refractivity (Wildman–Crippen MR) is 125 cm³/mol. The Morgan fingerprint density at radius 3 is 1.64 bits per heavy atom. The summed E-state index contributed by atoms with van der Waals surface area (Å²) in [6, 6.07) is 15.0. The standard InChI is InChI=1S/C25H26N4O7/c1-12-3-7-14(8-4-12)22-26-24(35-28-22)17(21-20(33)19(32)18(31)16(11-30)34-21)25-27-23(29-36-25)15-9-5-13(2)6-10-15/h3-10,16-21,30-33H,11H2,1-2H3/t16-,18-,19+,20-,21+/m1/s1. The lowest BCUT2D eigenvalue weighted by Gasteiger charge is -2.41. The molecule has 0 radical (unpaired) electrons. The molecule has 1 aliphatic heterocycles. The van der Waals surface area contributed by atoms with Crippen molar-refractivity contribution in [1.82, 2.24) is 20.3 Å². The van der Waals surface area contributed by atoms with Crippen LogP contribution in [0.15, 0.2) is 57.6 Å². The number of hydrogen-bond donors (Lipinski definition) is 4. The van der Waals surface area contributed by atoms with Crippen LogP contribution in [-0.2, 0) is 4.74 Å². The Kier molecular flexibility index (Phi) is 6.65. The monoisotopic (exact) mass is 494 g/mol. The van der Waals surface area contributed by atoms with Crippen LogP contribution < -0.4 is 0 Å². The van der Waals surface area contributed by atoms with Crippen molar-refractivity contribution in [1.29, 1.82) is 0 Å². The number of rotatable bonds is 6. The van der Waals surface area contributed by atoms with Crippen molar-refractivity contribution in [2.45, 2.75) is 50.3 Å². The third-order valence-corrected chi connectivity index (χ3v) is 6.29.